The molecule has 0 radical (unpaired) electrons. The van der Waals surface area contributed by atoms with E-state index in [1.165, 1.54) is 32.2 Å². The molecule has 98 valence electrons. The maximum atomic E-state index is 11.6. The number of hydrogen-bond donors (Lipinski definition) is 0. The predicted octanol–water partition coefficient (Wildman–Crippen LogP) is 1.71. The van der Waals surface area contributed by atoms with E-state index in [2.05, 4.69) is 4.98 Å². The summed E-state index contributed by atoms with van der Waals surface area (Å²) in [6, 6.07) is 2.87. The number of rotatable bonds is 5. The molecule has 18 heavy (non-hydrogen) atoms. The number of hydrogen-bond acceptors (Lipinski definition) is 6. The van der Waals surface area contributed by atoms with Crippen LogP contribution in [0.5, 0.6) is 5.75 Å². The average Bonchev–Trinajstić information content (AvgIpc) is 2.29. The molecule has 7 nitrogen and oxygen atoms in total. The Morgan fingerprint density at radius 2 is 2.22 bits per heavy atom. The minimum absolute atomic E-state index is 0.0689. The number of carbonyl (C=O) groups excluding carboxylic acids is 1. The second kappa shape index (κ2) is 5.44. The van der Waals surface area contributed by atoms with E-state index in [1.807, 2.05) is 0 Å². The molecule has 0 unspecified atom stereocenters. The first-order valence-electron chi connectivity index (χ1n) is 5.34. The van der Waals surface area contributed by atoms with E-state index in [0.29, 0.717) is 0 Å². The Morgan fingerprint density at radius 1 is 1.56 bits per heavy atom. The van der Waals surface area contributed by atoms with Crippen LogP contribution in [0.2, 0.25) is 0 Å². The van der Waals surface area contributed by atoms with Gasteiger partial charge in [-0.1, -0.05) is 0 Å². The van der Waals surface area contributed by atoms with Crippen LogP contribution in [0.25, 0.3) is 0 Å². The van der Waals surface area contributed by atoms with Gasteiger partial charge in [0.25, 0.3) is 0 Å². The Hall–Kier alpha value is -2.18. The van der Waals surface area contributed by atoms with Gasteiger partial charge in [0.2, 0.25) is 11.4 Å². The third kappa shape index (κ3) is 3.16. The Bertz CT molecular complexity index is 459. The number of esters is 1. The molecule has 0 aliphatic heterocycles. The molecular weight excluding hydrogens is 240 g/mol. The first-order chi connectivity index (χ1) is 8.38. The lowest BCUT2D eigenvalue weighted by Gasteiger charge is -2.23. The highest BCUT2D eigenvalue weighted by Crippen LogP contribution is 2.27. The summed E-state index contributed by atoms with van der Waals surface area (Å²) >= 11 is 0. The monoisotopic (exact) mass is 254 g/mol. The molecule has 0 saturated heterocycles. The predicted molar refractivity (Wildman–Crippen MR) is 62.2 cm³/mol. The molecule has 0 atom stereocenters. The zero-order valence-corrected chi connectivity index (χ0v) is 10.4. The summed E-state index contributed by atoms with van der Waals surface area (Å²) in [5.41, 5.74) is -1.32. The molecule has 0 saturated carbocycles. The molecule has 1 rings (SSSR count). The van der Waals surface area contributed by atoms with Crippen molar-refractivity contribution in [2.24, 2.45) is 0 Å². The van der Waals surface area contributed by atoms with E-state index in [4.69, 9.17) is 9.47 Å². The van der Waals surface area contributed by atoms with Gasteiger partial charge in [-0.05, 0) is 42.8 Å². The number of nitro groups is 1. The molecule has 0 fully saturated rings. The van der Waals surface area contributed by atoms with Gasteiger partial charge in [0.15, 0.2) is 0 Å². The number of pyridine rings is 1. The standard InChI is InChI=1S/C11H14N2O5/c1-4-17-10(14)11(2,3)18-8-6-5-7-12-9(8)13(15)16/h5-7H,4H2,1-3H3. The van der Waals surface area contributed by atoms with E-state index in [-0.39, 0.29) is 12.4 Å². The molecule has 0 aromatic carbocycles. The van der Waals surface area contributed by atoms with Crippen molar-refractivity contribution in [3.63, 3.8) is 0 Å². The van der Waals surface area contributed by atoms with Gasteiger partial charge >= 0.3 is 11.8 Å². The first kappa shape index (κ1) is 13.9. The maximum Gasteiger partial charge on any atom is 0.406 e. The van der Waals surface area contributed by atoms with Crippen molar-refractivity contribution >= 4 is 11.8 Å². The lowest BCUT2D eigenvalue weighted by atomic mass is 10.1. The Kier molecular flexibility index (Phi) is 4.19. The lowest BCUT2D eigenvalue weighted by Crippen LogP contribution is -2.39. The number of aromatic nitrogens is 1. The average molecular weight is 254 g/mol. The molecule has 0 N–H and O–H groups in total. The molecule has 0 amide bonds. The number of carbonyl (C=O) groups is 1. The molecule has 0 spiro atoms. The fourth-order valence-corrected chi connectivity index (χ4v) is 1.22. The smallest absolute Gasteiger partial charge is 0.406 e. The van der Waals surface area contributed by atoms with Crippen molar-refractivity contribution < 1.29 is 19.2 Å². The summed E-state index contributed by atoms with van der Waals surface area (Å²) in [6.45, 7) is 4.82. The Morgan fingerprint density at radius 3 is 2.78 bits per heavy atom. The van der Waals surface area contributed by atoms with Gasteiger partial charge in [-0.25, -0.2) is 4.79 Å². The largest absolute Gasteiger partial charge is 0.468 e. The van der Waals surface area contributed by atoms with Gasteiger partial charge in [0.05, 0.1) is 6.61 Å². The Balaban J connectivity index is 2.97. The molecule has 1 aromatic heterocycles. The van der Waals surface area contributed by atoms with Crippen LogP contribution in [-0.4, -0.2) is 28.1 Å². The zero-order valence-electron chi connectivity index (χ0n) is 10.4. The summed E-state index contributed by atoms with van der Waals surface area (Å²) < 4.78 is 10.2. The van der Waals surface area contributed by atoms with Gasteiger partial charge in [-0.3, -0.25) is 0 Å². The summed E-state index contributed by atoms with van der Waals surface area (Å²) in [5, 5.41) is 10.8. The third-order valence-electron chi connectivity index (χ3n) is 2.06. The SMILES string of the molecule is CCOC(=O)C(C)(C)Oc1cccnc1[N+](=O)[O-]. The highest BCUT2D eigenvalue weighted by atomic mass is 16.6. The molecule has 0 aliphatic carbocycles. The second-order valence-corrected chi connectivity index (χ2v) is 3.92. The van der Waals surface area contributed by atoms with Gasteiger partial charge < -0.3 is 19.6 Å². The normalized spacial score (nSPS) is 10.8. The number of nitrogens with zero attached hydrogens (tertiary/aromatic N) is 2. The number of ether oxygens (including phenoxy) is 2. The molecule has 0 bridgehead atoms. The summed E-state index contributed by atoms with van der Waals surface area (Å²) in [7, 11) is 0. The van der Waals surface area contributed by atoms with Crippen molar-refractivity contribution in [2.45, 2.75) is 26.4 Å². The summed E-state index contributed by atoms with van der Waals surface area (Å²) in [4.78, 5) is 25.3. The minimum atomic E-state index is -1.32. The van der Waals surface area contributed by atoms with E-state index in [0.717, 1.165) is 0 Å². The summed E-state index contributed by atoms with van der Waals surface area (Å²) in [6.07, 6.45) is 1.28. The topological polar surface area (TPSA) is 91.6 Å². The van der Waals surface area contributed by atoms with Crippen molar-refractivity contribution in [1.82, 2.24) is 4.98 Å². The fraction of sp³-hybridized carbons (Fsp3) is 0.455. The van der Waals surface area contributed by atoms with E-state index in [1.54, 1.807) is 6.92 Å². The van der Waals surface area contributed by atoms with Gasteiger partial charge in [0, 0.05) is 0 Å². The van der Waals surface area contributed by atoms with Crippen molar-refractivity contribution in [3.05, 3.63) is 28.4 Å². The van der Waals surface area contributed by atoms with E-state index in [9.17, 15) is 14.9 Å². The van der Waals surface area contributed by atoms with Crippen LogP contribution in [0.3, 0.4) is 0 Å². The zero-order chi connectivity index (χ0) is 13.8. The molecule has 1 heterocycles. The second-order valence-electron chi connectivity index (χ2n) is 3.92. The molecule has 1 aromatic rings. The van der Waals surface area contributed by atoms with E-state index < -0.39 is 22.3 Å². The highest BCUT2D eigenvalue weighted by molar-refractivity contribution is 5.79. The van der Waals surface area contributed by atoms with Crippen LogP contribution >= 0.6 is 0 Å². The van der Waals surface area contributed by atoms with Crippen LogP contribution < -0.4 is 4.74 Å². The third-order valence-corrected chi connectivity index (χ3v) is 2.06. The van der Waals surface area contributed by atoms with Crippen LogP contribution in [0, 0.1) is 10.1 Å². The van der Waals surface area contributed by atoms with Gasteiger partial charge in [-0.15, -0.1) is 0 Å². The maximum absolute atomic E-state index is 11.6. The van der Waals surface area contributed by atoms with Gasteiger partial charge in [0.1, 0.15) is 6.20 Å². The summed E-state index contributed by atoms with van der Waals surface area (Å²) in [5.74, 6) is -1.10. The van der Waals surface area contributed by atoms with Crippen molar-refractivity contribution in [2.75, 3.05) is 6.61 Å². The van der Waals surface area contributed by atoms with Crippen LogP contribution in [-0.2, 0) is 9.53 Å². The van der Waals surface area contributed by atoms with Crippen LogP contribution in [0.15, 0.2) is 18.3 Å². The molecule has 0 aliphatic rings. The van der Waals surface area contributed by atoms with Crippen LogP contribution in [0.4, 0.5) is 5.82 Å². The fourth-order valence-electron chi connectivity index (χ4n) is 1.22. The van der Waals surface area contributed by atoms with Gasteiger partial charge in [-0.2, -0.15) is 0 Å². The van der Waals surface area contributed by atoms with Crippen LogP contribution in [0.1, 0.15) is 20.8 Å². The minimum Gasteiger partial charge on any atom is -0.468 e. The molecule has 7 heteroatoms. The van der Waals surface area contributed by atoms with E-state index >= 15 is 0 Å². The van der Waals surface area contributed by atoms with Crippen molar-refractivity contribution in [3.8, 4) is 5.75 Å². The quantitative estimate of drug-likeness (QED) is 0.451. The first-order valence-corrected chi connectivity index (χ1v) is 5.34. The van der Waals surface area contributed by atoms with Crippen molar-refractivity contribution in [1.29, 1.82) is 0 Å². The molecular formula is C11H14N2O5. The lowest BCUT2D eigenvalue weighted by molar-refractivity contribution is -0.390. The Labute approximate surface area is 104 Å². The highest BCUT2D eigenvalue weighted by Gasteiger charge is 2.34.